The lowest BCUT2D eigenvalue weighted by Crippen LogP contribution is -2.34. The predicted molar refractivity (Wildman–Crippen MR) is 98.1 cm³/mol. The van der Waals surface area contributed by atoms with Crippen molar-refractivity contribution >= 4 is 16.9 Å². The minimum Gasteiger partial charge on any atom is -0.357 e. The SMILES string of the molecule is CN(C)C1CCN(C(=O)c2cc(-c3ccnc4[nH]ccc34)c[nH]2)C1.[HH].[HH]. The smallest absolute Gasteiger partial charge is 0.270 e. The molecule has 1 fully saturated rings. The molecule has 2 N–H and O–H groups in total. The third kappa shape index (κ3) is 2.49. The Kier molecular flexibility index (Phi) is 3.61. The second kappa shape index (κ2) is 5.79. The van der Waals surface area contributed by atoms with Crippen LogP contribution in [0.4, 0.5) is 0 Å². The van der Waals surface area contributed by atoms with E-state index in [2.05, 4.69) is 33.9 Å². The average molecular weight is 327 g/mol. The predicted octanol–water partition coefficient (Wildman–Crippen LogP) is 2.83. The number of hydrogen-bond acceptors (Lipinski definition) is 3. The van der Waals surface area contributed by atoms with Crippen molar-refractivity contribution in [2.75, 3.05) is 27.2 Å². The van der Waals surface area contributed by atoms with Crippen LogP contribution in [0.2, 0.25) is 0 Å². The Morgan fingerprint density at radius 1 is 1.38 bits per heavy atom. The normalized spacial score (nSPS) is 18.0. The van der Waals surface area contributed by atoms with E-state index in [4.69, 9.17) is 0 Å². The van der Waals surface area contributed by atoms with Gasteiger partial charge in [0.25, 0.3) is 5.91 Å². The molecule has 6 nitrogen and oxygen atoms in total. The number of rotatable bonds is 3. The summed E-state index contributed by atoms with van der Waals surface area (Å²) < 4.78 is 0. The highest BCUT2D eigenvalue weighted by molar-refractivity contribution is 5.97. The van der Waals surface area contributed by atoms with Gasteiger partial charge in [-0.2, -0.15) is 0 Å². The fourth-order valence-electron chi connectivity index (χ4n) is 3.40. The van der Waals surface area contributed by atoms with Crippen LogP contribution in [0.1, 0.15) is 19.8 Å². The molecule has 1 aliphatic heterocycles. The Bertz CT molecular complexity index is 888. The number of H-pyrrole nitrogens is 2. The molecule has 1 amide bonds. The number of carbonyl (C=O) groups excluding carboxylic acids is 1. The van der Waals surface area contributed by atoms with Gasteiger partial charge in [-0.1, -0.05) is 0 Å². The molecular weight excluding hydrogens is 302 g/mol. The van der Waals surface area contributed by atoms with E-state index in [1.54, 1.807) is 6.20 Å². The number of nitrogens with one attached hydrogen (secondary N) is 2. The molecule has 6 heteroatoms. The van der Waals surface area contributed by atoms with Crippen molar-refractivity contribution in [2.24, 2.45) is 0 Å². The number of hydrogen-bond donors (Lipinski definition) is 2. The van der Waals surface area contributed by atoms with Gasteiger partial charge in [0, 0.05) is 51.5 Å². The van der Waals surface area contributed by atoms with E-state index in [9.17, 15) is 4.79 Å². The molecule has 3 aromatic heterocycles. The number of likely N-dealkylation sites (tertiary alicyclic amines) is 1. The maximum atomic E-state index is 12.7. The lowest BCUT2D eigenvalue weighted by molar-refractivity contribution is 0.0778. The third-order valence-corrected chi connectivity index (χ3v) is 4.87. The zero-order chi connectivity index (χ0) is 16.7. The molecule has 0 bridgehead atoms. The number of fused-ring (bicyclic) bond motifs is 1. The second-order valence-electron chi connectivity index (χ2n) is 6.56. The number of carbonyl (C=O) groups is 1. The van der Waals surface area contributed by atoms with Gasteiger partial charge in [-0.25, -0.2) is 4.98 Å². The van der Waals surface area contributed by atoms with E-state index in [0.29, 0.717) is 11.7 Å². The van der Waals surface area contributed by atoms with Crippen LogP contribution in [-0.2, 0) is 0 Å². The van der Waals surface area contributed by atoms with Crippen molar-refractivity contribution in [3.63, 3.8) is 0 Å². The van der Waals surface area contributed by atoms with Gasteiger partial charge < -0.3 is 19.8 Å². The summed E-state index contributed by atoms with van der Waals surface area (Å²) in [6.45, 7) is 1.60. The van der Waals surface area contributed by atoms with Crippen LogP contribution in [0.15, 0.2) is 36.8 Å². The Balaban J connectivity index is 0.00000121. The molecule has 3 aromatic rings. The summed E-state index contributed by atoms with van der Waals surface area (Å²) in [7, 11) is 4.13. The van der Waals surface area contributed by atoms with Crippen LogP contribution < -0.4 is 0 Å². The largest absolute Gasteiger partial charge is 0.357 e. The van der Waals surface area contributed by atoms with Gasteiger partial charge in [0.1, 0.15) is 11.3 Å². The fraction of sp³-hybridized carbons (Fsp3) is 0.333. The highest BCUT2D eigenvalue weighted by atomic mass is 16.2. The van der Waals surface area contributed by atoms with Gasteiger partial charge in [-0.15, -0.1) is 0 Å². The Morgan fingerprint density at radius 3 is 3.04 bits per heavy atom. The summed E-state index contributed by atoms with van der Waals surface area (Å²) in [4.78, 5) is 27.4. The van der Waals surface area contributed by atoms with Crippen molar-refractivity contribution in [3.8, 4) is 11.1 Å². The third-order valence-electron chi connectivity index (χ3n) is 4.87. The highest BCUT2D eigenvalue weighted by Crippen LogP contribution is 2.28. The van der Waals surface area contributed by atoms with Gasteiger partial charge in [-0.3, -0.25) is 4.79 Å². The molecule has 4 heterocycles. The topological polar surface area (TPSA) is 68.0 Å². The molecule has 128 valence electrons. The molecule has 0 radical (unpaired) electrons. The van der Waals surface area contributed by atoms with Crippen LogP contribution >= 0.6 is 0 Å². The summed E-state index contributed by atoms with van der Waals surface area (Å²) in [5.41, 5.74) is 3.58. The zero-order valence-electron chi connectivity index (χ0n) is 13.9. The number of aromatic amines is 2. The van der Waals surface area contributed by atoms with Crippen LogP contribution in [0.25, 0.3) is 22.2 Å². The Morgan fingerprint density at radius 2 is 2.25 bits per heavy atom. The summed E-state index contributed by atoms with van der Waals surface area (Å²) in [6, 6.07) is 6.37. The van der Waals surface area contributed by atoms with Gasteiger partial charge in [-0.05, 0) is 44.3 Å². The molecule has 0 spiro atoms. The molecule has 4 rings (SSSR count). The number of nitrogens with zero attached hydrogens (tertiary/aromatic N) is 3. The Labute approximate surface area is 143 Å². The van der Waals surface area contributed by atoms with Crippen molar-refractivity contribution < 1.29 is 7.65 Å². The summed E-state index contributed by atoms with van der Waals surface area (Å²) in [6.07, 6.45) is 6.59. The van der Waals surface area contributed by atoms with Crippen molar-refractivity contribution in [3.05, 3.63) is 42.5 Å². The molecular formula is C18H25N5O. The zero-order valence-corrected chi connectivity index (χ0v) is 13.9. The molecule has 1 aliphatic rings. The number of likely N-dealkylation sites (N-methyl/N-ethyl adjacent to an activating group) is 1. The van der Waals surface area contributed by atoms with Crippen molar-refractivity contribution in [2.45, 2.75) is 12.5 Å². The first kappa shape index (κ1) is 15.0. The quantitative estimate of drug-likeness (QED) is 0.777. The second-order valence-corrected chi connectivity index (χ2v) is 6.56. The van der Waals surface area contributed by atoms with Gasteiger partial charge in [0.05, 0.1) is 0 Å². The van der Waals surface area contributed by atoms with Gasteiger partial charge in [0.15, 0.2) is 0 Å². The monoisotopic (exact) mass is 327 g/mol. The van der Waals surface area contributed by atoms with Crippen LogP contribution in [-0.4, -0.2) is 63.9 Å². The first-order valence-electron chi connectivity index (χ1n) is 8.20. The van der Waals surface area contributed by atoms with E-state index in [-0.39, 0.29) is 8.76 Å². The lowest BCUT2D eigenvalue weighted by atomic mass is 10.1. The molecule has 1 unspecified atom stereocenters. The van der Waals surface area contributed by atoms with Gasteiger partial charge in [0.2, 0.25) is 0 Å². The van der Waals surface area contributed by atoms with E-state index >= 15 is 0 Å². The molecule has 1 saturated heterocycles. The minimum absolute atomic E-state index is 0. The number of pyridine rings is 1. The number of aromatic nitrogens is 3. The minimum atomic E-state index is 0. The average Bonchev–Trinajstić information content (AvgIpc) is 3.32. The first-order valence-corrected chi connectivity index (χ1v) is 8.20. The molecule has 0 aromatic carbocycles. The maximum absolute atomic E-state index is 12.7. The lowest BCUT2D eigenvalue weighted by Gasteiger charge is -2.20. The van der Waals surface area contributed by atoms with E-state index in [0.717, 1.165) is 41.7 Å². The summed E-state index contributed by atoms with van der Waals surface area (Å²) in [5.74, 6) is 0.0740. The summed E-state index contributed by atoms with van der Waals surface area (Å²) in [5, 5.41) is 1.06. The Hall–Kier alpha value is -2.60. The standard InChI is InChI=1S/C18H21N5O.2H2/c1-22(2)13-5-8-23(11-13)18(24)16-9-12(10-21-16)14-3-6-19-17-15(14)4-7-20-17;;/h3-4,6-7,9-10,13,21H,5,8,11H2,1-2H3,(H,19,20);2*1H. The van der Waals surface area contributed by atoms with Crippen molar-refractivity contribution in [1.82, 2.24) is 24.8 Å². The fourth-order valence-corrected chi connectivity index (χ4v) is 3.40. The van der Waals surface area contributed by atoms with Crippen LogP contribution in [0.3, 0.4) is 0 Å². The van der Waals surface area contributed by atoms with E-state index < -0.39 is 0 Å². The van der Waals surface area contributed by atoms with Crippen molar-refractivity contribution in [1.29, 1.82) is 0 Å². The van der Waals surface area contributed by atoms with E-state index in [1.807, 2.05) is 35.5 Å². The summed E-state index contributed by atoms with van der Waals surface area (Å²) >= 11 is 0. The van der Waals surface area contributed by atoms with Crippen LogP contribution in [0, 0.1) is 0 Å². The molecule has 0 aliphatic carbocycles. The molecule has 0 saturated carbocycles. The molecule has 1 atom stereocenters. The van der Waals surface area contributed by atoms with Crippen LogP contribution in [0.5, 0.6) is 0 Å². The van der Waals surface area contributed by atoms with E-state index in [1.165, 1.54) is 0 Å². The first-order chi connectivity index (χ1) is 11.6. The maximum Gasteiger partial charge on any atom is 0.270 e. The highest BCUT2D eigenvalue weighted by Gasteiger charge is 2.28. The number of amides is 1. The van der Waals surface area contributed by atoms with Gasteiger partial charge >= 0.3 is 0 Å². The molecule has 24 heavy (non-hydrogen) atoms.